The fraction of sp³-hybridized carbons (Fsp3) is 0.500. The normalized spacial score (nSPS) is 11.6. The molecule has 2 N–H and O–H groups in total. The first kappa shape index (κ1) is 14.7. The van der Waals surface area contributed by atoms with Crippen LogP contribution in [0, 0.1) is 0 Å². The van der Waals surface area contributed by atoms with Gasteiger partial charge in [0.05, 0.1) is 5.56 Å². The maximum absolute atomic E-state index is 12.2. The molecule has 0 saturated heterocycles. The molecule has 20 heavy (non-hydrogen) atoms. The minimum absolute atomic E-state index is 0.0767. The van der Waals surface area contributed by atoms with Crippen LogP contribution in [0.3, 0.4) is 0 Å². The van der Waals surface area contributed by atoms with E-state index < -0.39 is 0 Å². The average Bonchev–Trinajstić information content (AvgIpc) is 2.83. The third-order valence-corrected chi connectivity index (χ3v) is 3.81. The van der Waals surface area contributed by atoms with Crippen molar-refractivity contribution in [2.24, 2.45) is 0 Å². The van der Waals surface area contributed by atoms with Gasteiger partial charge in [-0.2, -0.15) is 0 Å². The number of anilines is 1. The number of aromatic nitrogens is 3. The molecule has 6 heteroatoms. The molecular formula is C14H20N4OS. The topological polar surface area (TPSA) is 70.7 Å². The number of pyridine rings is 1. The van der Waals surface area contributed by atoms with E-state index in [1.807, 2.05) is 12.1 Å². The lowest BCUT2D eigenvalue weighted by Gasteiger charge is -2.18. The quantitative estimate of drug-likeness (QED) is 0.908. The third kappa shape index (κ3) is 3.25. The molecule has 0 amide bonds. The Balaban J connectivity index is 2.29. The van der Waals surface area contributed by atoms with Gasteiger partial charge in [-0.15, -0.1) is 10.2 Å². The second-order valence-electron chi connectivity index (χ2n) is 5.70. The molecule has 0 fully saturated rings. The Hall–Kier alpha value is -1.69. The van der Waals surface area contributed by atoms with Crippen molar-refractivity contribution in [3.05, 3.63) is 28.2 Å². The maximum atomic E-state index is 12.2. The van der Waals surface area contributed by atoms with Gasteiger partial charge in [0.15, 0.2) is 5.01 Å². The summed E-state index contributed by atoms with van der Waals surface area (Å²) in [6.45, 7) is 9.14. The van der Waals surface area contributed by atoms with Gasteiger partial charge >= 0.3 is 0 Å². The van der Waals surface area contributed by atoms with Gasteiger partial charge in [0, 0.05) is 17.7 Å². The lowest BCUT2D eigenvalue weighted by molar-refractivity contribution is 0.567. The molecule has 0 aliphatic rings. The van der Waals surface area contributed by atoms with E-state index in [0.29, 0.717) is 10.6 Å². The highest BCUT2D eigenvalue weighted by Crippen LogP contribution is 2.25. The smallest absolute Gasteiger partial charge is 0.258 e. The van der Waals surface area contributed by atoms with Gasteiger partial charge < -0.3 is 10.3 Å². The third-order valence-electron chi connectivity index (χ3n) is 2.90. The lowest BCUT2D eigenvalue weighted by atomic mass is 9.91. The number of hydrogen-bond acceptors (Lipinski definition) is 5. The van der Waals surface area contributed by atoms with Crippen molar-refractivity contribution in [2.75, 3.05) is 11.9 Å². The summed E-state index contributed by atoms with van der Waals surface area (Å²) in [6.07, 6.45) is 1.02. The zero-order valence-electron chi connectivity index (χ0n) is 12.3. The van der Waals surface area contributed by atoms with Crippen LogP contribution < -0.4 is 10.9 Å². The zero-order valence-corrected chi connectivity index (χ0v) is 13.1. The van der Waals surface area contributed by atoms with E-state index in [1.54, 1.807) is 0 Å². The second-order valence-corrected chi connectivity index (χ2v) is 6.68. The molecule has 5 nitrogen and oxygen atoms in total. The Bertz CT molecular complexity index is 639. The van der Waals surface area contributed by atoms with Crippen molar-refractivity contribution < 1.29 is 0 Å². The molecular weight excluding hydrogens is 272 g/mol. The number of hydrogen-bond donors (Lipinski definition) is 2. The number of aromatic amines is 1. The van der Waals surface area contributed by atoms with E-state index in [1.165, 1.54) is 11.3 Å². The number of H-pyrrole nitrogens is 1. The highest BCUT2D eigenvalue weighted by molar-refractivity contribution is 7.18. The number of rotatable bonds is 4. The summed E-state index contributed by atoms with van der Waals surface area (Å²) >= 11 is 1.40. The van der Waals surface area contributed by atoms with Crippen LogP contribution in [0.25, 0.3) is 10.6 Å². The Morgan fingerprint density at radius 3 is 2.65 bits per heavy atom. The number of nitrogens with zero attached hydrogens (tertiary/aromatic N) is 2. The van der Waals surface area contributed by atoms with Crippen molar-refractivity contribution in [3.63, 3.8) is 0 Å². The van der Waals surface area contributed by atoms with Crippen LogP contribution >= 0.6 is 11.3 Å². The highest BCUT2D eigenvalue weighted by Gasteiger charge is 2.17. The molecule has 0 aliphatic carbocycles. The van der Waals surface area contributed by atoms with E-state index in [4.69, 9.17) is 0 Å². The maximum Gasteiger partial charge on any atom is 0.258 e. The zero-order chi connectivity index (χ0) is 14.8. The molecule has 108 valence electrons. The monoisotopic (exact) mass is 292 g/mol. The fourth-order valence-electron chi connectivity index (χ4n) is 1.72. The largest absolute Gasteiger partial charge is 0.360 e. The van der Waals surface area contributed by atoms with E-state index in [2.05, 4.69) is 48.2 Å². The predicted molar refractivity (Wildman–Crippen MR) is 83.4 cm³/mol. The second kappa shape index (κ2) is 5.75. The summed E-state index contributed by atoms with van der Waals surface area (Å²) in [5.41, 5.74) is 1.29. The molecule has 0 aliphatic heterocycles. The molecule has 0 atom stereocenters. The predicted octanol–water partition coefficient (Wildman–Crippen LogP) is 3.01. The van der Waals surface area contributed by atoms with Crippen molar-refractivity contribution in [1.82, 2.24) is 15.2 Å². The minimum atomic E-state index is -0.115. The molecule has 0 aromatic carbocycles. The van der Waals surface area contributed by atoms with Crippen molar-refractivity contribution >= 4 is 16.5 Å². The van der Waals surface area contributed by atoms with E-state index in [0.717, 1.165) is 23.8 Å². The van der Waals surface area contributed by atoms with Crippen molar-refractivity contribution in [1.29, 1.82) is 0 Å². The average molecular weight is 292 g/mol. The van der Waals surface area contributed by atoms with Crippen LogP contribution in [0.15, 0.2) is 16.9 Å². The molecule has 0 saturated carbocycles. The summed E-state index contributed by atoms with van der Waals surface area (Å²) in [5, 5.41) is 12.7. The van der Waals surface area contributed by atoms with Gasteiger partial charge in [0.25, 0.3) is 5.56 Å². The Morgan fingerprint density at radius 2 is 2.05 bits per heavy atom. The molecule has 0 spiro atoms. The first-order chi connectivity index (χ1) is 9.41. The summed E-state index contributed by atoms with van der Waals surface area (Å²) in [4.78, 5) is 15.1. The molecule has 0 radical (unpaired) electrons. The highest BCUT2D eigenvalue weighted by atomic mass is 32.1. The minimum Gasteiger partial charge on any atom is -0.360 e. The van der Waals surface area contributed by atoms with Crippen LogP contribution in [0.1, 0.15) is 39.8 Å². The van der Waals surface area contributed by atoms with E-state index in [-0.39, 0.29) is 11.0 Å². The lowest BCUT2D eigenvalue weighted by Crippen LogP contribution is -2.20. The first-order valence-electron chi connectivity index (χ1n) is 6.73. The van der Waals surface area contributed by atoms with E-state index in [9.17, 15) is 4.79 Å². The molecule has 2 heterocycles. The van der Waals surface area contributed by atoms with Gasteiger partial charge in [-0.3, -0.25) is 4.79 Å². The standard InChI is InChI=1S/C14H20N4OS/c1-5-8-15-13-18-17-12(20-13)9-6-7-10(14(2,3)4)16-11(9)19/h6-7H,5,8H2,1-4H3,(H,15,18)(H,16,19). The van der Waals surface area contributed by atoms with Crippen LogP contribution in [0.2, 0.25) is 0 Å². The van der Waals surface area contributed by atoms with Gasteiger partial charge in [0.1, 0.15) is 0 Å². The fourth-order valence-corrected chi connectivity index (χ4v) is 2.51. The Labute approximate surface area is 122 Å². The van der Waals surface area contributed by atoms with Gasteiger partial charge in [-0.25, -0.2) is 0 Å². The van der Waals surface area contributed by atoms with Crippen LogP contribution in [-0.4, -0.2) is 21.7 Å². The molecule has 0 bridgehead atoms. The molecule has 2 aromatic heterocycles. The number of nitrogens with one attached hydrogen (secondary N) is 2. The van der Waals surface area contributed by atoms with Crippen molar-refractivity contribution in [3.8, 4) is 10.6 Å². The van der Waals surface area contributed by atoms with E-state index >= 15 is 0 Å². The van der Waals surface area contributed by atoms with Gasteiger partial charge in [-0.1, -0.05) is 39.0 Å². The molecule has 2 rings (SSSR count). The Morgan fingerprint density at radius 1 is 1.30 bits per heavy atom. The SMILES string of the molecule is CCCNc1nnc(-c2ccc(C(C)(C)C)[nH]c2=O)s1. The summed E-state index contributed by atoms with van der Waals surface area (Å²) in [5.74, 6) is 0. The van der Waals surface area contributed by atoms with Crippen LogP contribution in [0.5, 0.6) is 0 Å². The summed E-state index contributed by atoms with van der Waals surface area (Å²) in [7, 11) is 0. The molecule has 0 unspecified atom stereocenters. The van der Waals surface area contributed by atoms with Crippen LogP contribution in [-0.2, 0) is 5.41 Å². The molecule has 2 aromatic rings. The summed E-state index contributed by atoms with van der Waals surface area (Å²) in [6, 6.07) is 3.76. The first-order valence-corrected chi connectivity index (χ1v) is 7.55. The Kier molecular flexibility index (Phi) is 4.23. The summed E-state index contributed by atoms with van der Waals surface area (Å²) < 4.78 is 0. The van der Waals surface area contributed by atoms with Gasteiger partial charge in [-0.05, 0) is 18.6 Å². The van der Waals surface area contributed by atoms with Crippen molar-refractivity contribution in [2.45, 2.75) is 39.5 Å². The van der Waals surface area contributed by atoms with Crippen LogP contribution in [0.4, 0.5) is 5.13 Å². The van der Waals surface area contributed by atoms with Gasteiger partial charge in [0.2, 0.25) is 5.13 Å².